The maximum absolute atomic E-state index is 13.4. The lowest BCUT2D eigenvalue weighted by Crippen LogP contribution is -2.31. The van der Waals surface area contributed by atoms with Gasteiger partial charge in [0.05, 0.1) is 18.2 Å². The minimum atomic E-state index is -1.15. The van der Waals surface area contributed by atoms with E-state index >= 15 is 0 Å². The SMILES string of the molecule is Cc1cc(F)ccc1C(CC(=O)O)NC(=O)c1cc(O)n(-c2ccc(F)cc2)n1. The summed E-state index contributed by atoms with van der Waals surface area (Å²) in [7, 11) is 0. The number of aryl methyl sites for hydroxylation is 1. The Bertz CT molecular complexity index is 1060. The van der Waals surface area contributed by atoms with Crippen molar-refractivity contribution in [1.29, 1.82) is 0 Å². The van der Waals surface area contributed by atoms with Crippen LogP contribution in [0.2, 0.25) is 0 Å². The summed E-state index contributed by atoms with van der Waals surface area (Å²) in [5, 5.41) is 25.8. The molecule has 0 aliphatic rings. The second kappa shape index (κ2) is 8.09. The molecular weight excluding hydrogens is 384 g/mol. The normalized spacial score (nSPS) is 11.8. The average molecular weight is 401 g/mol. The first-order valence-electron chi connectivity index (χ1n) is 8.58. The molecule has 7 nitrogen and oxygen atoms in total. The van der Waals surface area contributed by atoms with Crippen LogP contribution in [0.4, 0.5) is 8.78 Å². The van der Waals surface area contributed by atoms with Crippen LogP contribution in [0, 0.1) is 18.6 Å². The summed E-state index contributed by atoms with van der Waals surface area (Å²) in [6.07, 6.45) is -0.428. The Balaban J connectivity index is 1.87. The Morgan fingerprint density at radius 2 is 1.76 bits per heavy atom. The van der Waals surface area contributed by atoms with Gasteiger partial charge in [0.1, 0.15) is 11.6 Å². The number of benzene rings is 2. The van der Waals surface area contributed by atoms with Crippen molar-refractivity contribution in [3.63, 3.8) is 0 Å². The van der Waals surface area contributed by atoms with Crippen LogP contribution in [-0.2, 0) is 4.79 Å². The number of nitrogens with zero attached hydrogens (tertiary/aromatic N) is 2. The molecule has 0 aliphatic heterocycles. The van der Waals surface area contributed by atoms with E-state index in [1.54, 1.807) is 6.92 Å². The lowest BCUT2D eigenvalue weighted by atomic mass is 9.98. The molecule has 0 fully saturated rings. The average Bonchev–Trinajstić information content (AvgIpc) is 3.03. The number of amides is 1. The van der Waals surface area contributed by atoms with Gasteiger partial charge in [0.2, 0.25) is 5.88 Å². The molecule has 3 rings (SSSR count). The highest BCUT2D eigenvalue weighted by Gasteiger charge is 2.23. The third-order valence-corrected chi connectivity index (χ3v) is 4.29. The van der Waals surface area contributed by atoms with Gasteiger partial charge in [0, 0.05) is 6.07 Å². The van der Waals surface area contributed by atoms with Crippen molar-refractivity contribution in [2.45, 2.75) is 19.4 Å². The van der Waals surface area contributed by atoms with Crippen LogP contribution in [0.5, 0.6) is 5.88 Å². The molecule has 9 heteroatoms. The first-order valence-corrected chi connectivity index (χ1v) is 8.58. The molecule has 1 amide bonds. The zero-order valence-electron chi connectivity index (χ0n) is 15.3. The van der Waals surface area contributed by atoms with E-state index in [0.717, 1.165) is 10.7 Å². The van der Waals surface area contributed by atoms with E-state index in [9.17, 15) is 28.6 Å². The highest BCUT2D eigenvalue weighted by atomic mass is 19.1. The van der Waals surface area contributed by atoms with Gasteiger partial charge in [0.25, 0.3) is 5.91 Å². The van der Waals surface area contributed by atoms with Crippen molar-refractivity contribution < 1.29 is 28.6 Å². The molecule has 0 bridgehead atoms. The number of carboxylic acids is 1. The molecule has 1 heterocycles. The second-order valence-corrected chi connectivity index (χ2v) is 6.40. The molecule has 1 aromatic heterocycles. The van der Waals surface area contributed by atoms with Crippen LogP contribution < -0.4 is 5.32 Å². The Morgan fingerprint density at radius 1 is 1.10 bits per heavy atom. The summed E-state index contributed by atoms with van der Waals surface area (Å²) >= 11 is 0. The van der Waals surface area contributed by atoms with Gasteiger partial charge in [-0.15, -0.1) is 0 Å². The smallest absolute Gasteiger partial charge is 0.305 e. The van der Waals surface area contributed by atoms with Crippen molar-refractivity contribution in [2.75, 3.05) is 0 Å². The zero-order valence-corrected chi connectivity index (χ0v) is 15.3. The Labute approximate surface area is 164 Å². The first kappa shape index (κ1) is 20.0. The molecule has 0 saturated heterocycles. The number of aromatic hydroxyl groups is 1. The van der Waals surface area contributed by atoms with E-state index in [-0.39, 0.29) is 11.6 Å². The summed E-state index contributed by atoms with van der Waals surface area (Å²) in [5.41, 5.74) is 1.10. The molecule has 29 heavy (non-hydrogen) atoms. The van der Waals surface area contributed by atoms with Crippen LogP contribution in [-0.4, -0.2) is 31.9 Å². The van der Waals surface area contributed by atoms with Crippen LogP contribution >= 0.6 is 0 Å². The van der Waals surface area contributed by atoms with Gasteiger partial charge >= 0.3 is 5.97 Å². The predicted molar refractivity (Wildman–Crippen MR) is 98.8 cm³/mol. The number of hydrogen-bond acceptors (Lipinski definition) is 4. The molecule has 2 aromatic carbocycles. The molecule has 0 spiro atoms. The molecule has 3 N–H and O–H groups in total. The number of hydrogen-bond donors (Lipinski definition) is 3. The van der Waals surface area contributed by atoms with E-state index in [1.807, 2.05) is 0 Å². The molecule has 0 aliphatic carbocycles. The number of rotatable bonds is 6. The van der Waals surface area contributed by atoms with Crippen LogP contribution in [0.15, 0.2) is 48.5 Å². The Morgan fingerprint density at radius 3 is 2.38 bits per heavy atom. The van der Waals surface area contributed by atoms with Gasteiger partial charge in [-0.1, -0.05) is 6.07 Å². The number of nitrogens with one attached hydrogen (secondary N) is 1. The molecular formula is C20H17F2N3O4. The molecule has 1 unspecified atom stereocenters. The monoisotopic (exact) mass is 401 g/mol. The van der Waals surface area contributed by atoms with Crippen LogP contribution in [0.3, 0.4) is 0 Å². The molecule has 3 aromatic rings. The summed E-state index contributed by atoms with van der Waals surface area (Å²) < 4.78 is 27.5. The number of aromatic nitrogens is 2. The van der Waals surface area contributed by atoms with Gasteiger partial charge in [-0.05, 0) is 54.4 Å². The van der Waals surface area contributed by atoms with Crippen molar-refractivity contribution in [3.05, 3.63) is 77.0 Å². The van der Waals surface area contributed by atoms with Crippen molar-refractivity contribution in [1.82, 2.24) is 15.1 Å². The lowest BCUT2D eigenvalue weighted by molar-refractivity contribution is -0.137. The van der Waals surface area contributed by atoms with E-state index in [4.69, 9.17) is 0 Å². The summed E-state index contributed by atoms with van der Waals surface area (Å²) in [6, 6.07) is 9.11. The van der Waals surface area contributed by atoms with Gasteiger partial charge in [-0.2, -0.15) is 5.10 Å². The van der Waals surface area contributed by atoms with Crippen LogP contribution in [0.1, 0.15) is 34.1 Å². The van der Waals surface area contributed by atoms with E-state index < -0.39 is 36.0 Å². The molecule has 150 valence electrons. The topological polar surface area (TPSA) is 104 Å². The fraction of sp³-hybridized carbons (Fsp3) is 0.150. The molecule has 1 atom stereocenters. The van der Waals surface area contributed by atoms with Gasteiger partial charge in [-0.25, -0.2) is 13.5 Å². The number of aliphatic carboxylic acids is 1. The van der Waals surface area contributed by atoms with E-state index in [0.29, 0.717) is 16.8 Å². The first-order chi connectivity index (χ1) is 13.7. The zero-order chi connectivity index (χ0) is 21.1. The maximum Gasteiger partial charge on any atom is 0.305 e. The predicted octanol–water partition coefficient (Wildman–Crippen LogP) is 3.11. The van der Waals surface area contributed by atoms with Crippen molar-refractivity contribution >= 4 is 11.9 Å². The largest absolute Gasteiger partial charge is 0.493 e. The molecule has 0 saturated carbocycles. The standard InChI is InChI=1S/C20H17F2N3O4/c1-11-8-13(22)4-7-15(11)16(10-19(27)28)23-20(29)17-9-18(26)25(24-17)14-5-2-12(21)3-6-14/h2-9,16,26H,10H2,1H3,(H,23,29)(H,27,28). The van der Waals surface area contributed by atoms with Crippen molar-refractivity contribution in [2.24, 2.45) is 0 Å². The number of carbonyl (C=O) groups excluding carboxylic acids is 1. The second-order valence-electron chi connectivity index (χ2n) is 6.40. The fourth-order valence-electron chi connectivity index (χ4n) is 2.93. The summed E-state index contributed by atoms with van der Waals surface area (Å²) in [6.45, 7) is 1.61. The minimum absolute atomic E-state index is 0.165. The maximum atomic E-state index is 13.4. The highest BCUT2D eigenvalue weighted by Crippen LogP contribution is 2.23. The third-order valence-electron chi connectivity index (χ3n) is 4.29. The van der Waals surface area contributed by atoms with Gasteiger partial charge in [0.15, 0.2) is 5.69 Å². The Hall–Kier alpha value is -3.75. The molecule has 0 radical (unpaired) electrons. The highest BCUT2D eigenvalue weighted by molar-refractivity contribution is 5.93. The van der Waals surface area contributed by atoms with Gasteiger partial charge < -0.3 is 15.5 Å². The van der Waals surface area contributed by atoms with E-state index in [2.05, 4.69) is 10.4 Å². The number of halogens is 2. The number of carboxylic acid groups (broad SMARTS) is 1. The van der Waals surface area contributed by atoms with Gasteiger partial charge in [-0.3, -0.25) is 9.59 Å². The summed E-state index contributed by atoms with van der Waals surface area (Å²) in [4.78, 5) is 23.8. The van der Waals surface area contributed by atoms with E-state index in [1.165, 1.54) is 42.5 Å². The Kier molecular flexibility index (Phi) is 5.58. The number of carbonyl (C=O) groups is 2. The van der Waals surface area contributed by atoms with Crippen molar-refractivity contribution in [3.8, 4) is 11.6 Å². The summed E-state index contributed by atoms with van der Waals surface area (Å²) in [5.74, 6) is -3.18. The lowest BCUT2D eigenvalue weighted by Gasteiger charge is -2.19. The quantitative estimate of drug-likeness (QED) is 0.589. The fourth-order valence-corrected chi connectivity index (χ4v) is 2.93. The van der Waals surface area contributed by atoms with Crippen LogP contribution in [0.25, 0.3) is 5.69 Å². The minimum Gasteiger partial charge on any atom is -0.493 e. The third kappa shape index (κ3) is 4.57.